The third kappa shape index (κ3) is 6.20. The number of carbonyl (C=O) groups is 1. The van der Waals surface area contributed by atoms with E-state index < -0.39 is 22.5 Å². The Hall–Kier alpha value is -3.65. The Morgan fingerprint density at radius 1 is 0.909 bits per heavy atom. The van der Waals surface area contributed by atoms with Crippen LogP contribution in [0.15, 0.2) is 82.8 Å². The summed E-state index contributed by atoms with van der Waals surface area (Å²) in [5, 5.41) is 3.99. The van der Waals surface area contributed by atoms with Gasteiger partial charge in [-0.1, -0.05) is 42.0 Å². The zero-order valence-corrected chi connectivity index (χ0v) is 20.0. The first-order valence-corrected chi connectivity index (χ1v) is 11.9. The largest absolute Gasteiger partial charge is 0.378 e. The summed E-state index contributed by atoms with van der Waals surface area (Å²) in [6.07, 6.45) is 1.52. The summed E-state index contributed by atoms with van der Waals surface area (Å²) >= 11 is 0. The van der Waals surface area contributed by atoms with Gasteiger partial charge in [-0.05, 0) is 61.4 Å². The maximum atomic E-state index is 13.4. The molecule has 33 heavy (non-hydrogen) atoms. The van der Waals surface area contributed by atoms with Crippen molar-refractivity contribution >= 4 is 33.5 Å². The Balaban J connectivity index is 1.80. The lowest BCUT2D eigenvalue weighted by Gasteiger charge is -2.24. The standard InChI is InChI=1S/C25H28N4O3S/c1-19-8-14-24(15-9-19)33(31,32)29(23-7-5-6-20(2)16-23)18-25(30)27-26-17-21-10-12-22(13-11-21)28(3)4/h5-17H,18H2,1-4H3,(H,27,30)/b26-17-. The van der Waals surface area contributed by atoms with E-state index in [-0.39, 0.29) is 4.90 Å². The number of aryl methyl sites for hydroxylation is 2. The average Bonchev–Trinajstić information content (AvgIpc) is 2.78. The number of carbonyl (C=O) groups excluding carboxylic acids is 1. The fourth-order valence-corrected chi connectivity index (χ4v) is 4.55. The summed E-state index contributed by atoms with van der Waals surface area (Å²) in [7, 11) is -0.0522. The van der Waals surface area contributed by atoms with E-state index in [9.17, 15) is 13.2 Å². The molecular weight excluding hydrogens is 436 g/mol. The molecule has 1 amide bonds. The van der Waals surface area contributed by atoms with Crippen LogP contribution in [-0.2, 0) is 14.8 Å². The molecule has 0 unspecified atom stereocenters. The summed E-state index contributed by atoms with van der Waals surface area (Å²) in [6, 6.07) is 21.2. The maximum absolute atomic E-state index is 13.4. The molecule has 3 rings (SSSR count). The van der Waals surface area contributed by atoms with E-state index in [1.165, 1.54) is 6.21 Å². The predicted molar refractivity (Wildman–Crippen MR) is 133 cm³/mol. The first-order valence-electron chi connectivity index (χ1n) is 10.4. The van der Waals surface area contributed by atoms with Gasteiger partial charge in [-0.15, -0.1) is 0 Å². The molecule has 1 N–H and O–H groups in total. The van der Waals surface area contributed by atoms with Crippen molar-refractivity contribution in [1.29, 1.82) is 0 Å². The van der Waals surface area contributed by atoms with Crippen molar-refractivity contribution in [2.45, 2.75) is 18.7 Å². The second kappa shape index (κ2) is 10.3. The van der Waals surface area contributed by atoms with Crippen LogP contribution in [-0.4, -0.2) is 41.2 Å². The van der Waals surface area contributed by atoms with E-state index in [0.29, 0.717) is 5.69 Å². The summed E-state index contributed by atoms with van der Waals surface area (Å²) in [5.41, 5.74) is 6.53. The van der Waals surface area contributed by atoms with E-state index in [0.717, 1.165) is 26.7 Å². The number of benzene rings is 3. The summed E-state index contributed by atoms with van der Waals surface area (Å²) in [6.45, 7) is 3.34. The molecule has 172 valence electrons. The van der Waals surface area contributed by atoms with Crippen LogP contribution in [0.4, 0.5) is 11.4 Å². The number of rotatable bonds is 8. The molecule has 0 atom stereocenters. The van der Waals surface area contributed by atoms with Gasteiger partial charge in [0, 0.05) is 19.8 Å². The van der Waals surface area contributed by atoms with Crippen molar-refractivity contribution in [1.82, 2.24) is 5.43 Å². The number of hydrogen-bond acceptors (Lipinski definition) is 5. The lowest BCUT2D eigenvalue weighted by molar-refractivity contribution is -0.119. The van der Waals surface area contributed by atoms with E-state index in [1.54, 1.807) is 42.5 Å². The quantitative estimate of drug-likeness (QED) is 0.407. The monoisotopic (exact) mass is 464 g/mol. The number of hydrogen-bond donors (Lipinski definition) is 1. The number of sulfonamides is 1. The minimum absolute atomic E-state index is 0.117. The van der Waals surface area contributed by atoms with Crippen molar-refractivity contribution in [3.63, 3.8) is 0 Å². The van der Waals surface area contributed by atoms with Crippen LogP contribution >= 0.6 is 0 Å². The lowest BCUT2D eigenvalue weighted by Crippen LogP contribution is -2.39. The van der Waals surface area contributed by atoms with Crippen LogP contribution in [0.2, 0.25) is 0 Å². The molecule has 0 saturated heterocycles. The molecule has 0 fully saturated rings. The molecule has 0 aliphatic carbocycles. The molecule has 0 bridgehead atoms. The second-order valence-corrected chi connectivity index (χ2v) is 9.81. The first-order chi connectivity index (χ1) is 15.7. The molecule has 8 heteroatoms. The van der Waals surface area contributed by atoms with Crippen LogP contribution < -0.4 is 14.6 Å². The fraction of sp³-hybridized carbons (Fsp3) is 0.200. The van der Waals surface area contributed by atoms with E-state index >= 15 is 0 Å². The van der Waals surface area contributed by atoms with Crippen LogP contribution in [0, 0.1) is 13.8 Å². The van der Waals surface area contributed by atoms with Gasteiger partial charge in [-0.2, -0.15) is 5.10 Å². The van der Waals surface area contributed by atoms with Gasteiger partial charge in [0.05, 0.1) is 16.8 Å². The molecule has 0 spiro atoms. The lowest BCUT2D eigenvalue weighted by atomic mass is 10.2. The average molecular weight is 465 g/mol. The molecule has 0 heterocycles. The maximum Gasteiger partial charge on any atom is 0.264 e. The third-order valence-corrected chi connectivity index (χ3v) is 6.79. The molecule has 0 radical (unpaired) electrons. The molecule has 0 aliphatic heterocycles. The van der Waals surface area contributed by atoms with Gasteiger partial charge in [0.15, 0.2) is 0 Å². The summed E-state index contributed by atoms with van der Waals surface area (Å²) < 4.78 is 27.9. The Bertz CT molecular complexity index is 1240. The zero-order valence-electron chi connectivity index (χ0n) is 19.2. The highest BCUT2D eigenvalue weighted by Crippen LogP contribution is 2.24. The van der Waals surface area contributed by atoms with Crippen LogP contribution in [0.5, 0.6) is 0 Å². The normalized spacial score (nSPS) is 11.4. The second-order valence-electron chi connectivity index (χ2n) is 7.94. The van der Waals surface area contributed by atoms with Crippen molar-refractivity contribution in [2.24, 2.45) is 5.10 Å². The van der Waals surface area contributed by atoms with Crippen LogP contribution in [0.25, 0.3) is 0 Å². The Morgan fingerprint density at radius 2 is 1.58 bits per heavy atom. The Morgan fingerprint density at radius 3 is 2.18 bits per heavy atom. The Kier molecular flexibility index (Phi) is 7.50. The van der Waals surface area contributed by atoms with Gasteiger partial charge in [-0.3, -0.25) is 9.10 Å². The number of nitrogens with zero attached hydrogens (tertiary/aromatic N) is 3. The predicted octanol–water partition coefficient (Wildman–Crippen LogP) is 3.72. The Labute approximate surface area is 195 Å². The highest BCUT2D eigenvalue weighted by Gasteiger charge is 2.27. The van der Waals surface area contributed by atoms with Gasteiger partial charge >= 0.3 is 0 Å². The molecule has 0 aromatic heterocycles. The van der Waals surface area contributed by atoms with Gasteiger partial charge in [0.25, 0.3) is 15.9 Å². The van der Waals surface area contributed by atoms with Gasteiger partial charge < -0.3 is 4.90 Å². The SMILES string of the molecule is Cc1ccc(S(=O)(=O)N(CC(=O)N/N=C\c2ccc(N(C)C)cc2)c2cccc(C)c2)cc1. The minimum atomic E-state index is -3.96. The fourth-order valence-electron chi connectivity index (χ4n) is 3.14. The summed E-state index contributed by atoms with van der Waals surface area (Å²) in [5.74, 6) is -0.548. The molecule has 3 aromatic rings. The molecule has 0 aliphatic rings. The van der Waals surface area contributed by atoms with Crippen molar-refractivity contribution in [2.75, 3.05) is 29.8 Å². The van der Waals surface area contributed by atoms with Crippen molar-refractivity contribution in [3.8, 4) is 0 Å². The minimum Gasteiger partial charge on any atom is -0.378 e. The summed E-state index contributed by atoms with van der Waals surface area (Å²) in [4.78, 5) is 14.7. The van der Waals surface area contributed by atoms with Gasteiger partial charge in [0.2, 0.25) is 0 Å². The topological polar surface area (TPSA) is 82.1 Å². The number of nitrogens with one attached hydrogen (secondary N) is 1. The van der Waals surface area contributed by atoms with Gasteiger partial charge in [0.1, 0.15) is 6.54 Å². The number of anilines is 2. The molecular formula is C25H28N4O3S. The van der Waals surface area contributed by atoms with Crippen molar-refractivity contribution < 1.29 is 13.2 Å². The molecule has 3 aromatic carbocycles. The van der Waals surface area contributed by atoms with Gasteiger partial charge in [-0.25, -0.2) is 13.8 Å². The highest BCUT2D eigenvalue weighted by molar-refractivity contribution is 7.92. The zero-order chi connectivity index (χ0) is 24.0. The third-order valence-electron chi connectivity index (χ3n) is 5.00. The molecule has 0 saturated carbocycles. The highest BCUT2D eigenvalue weighted by atomic mass is 32.2. The van der Waals surface area contributed by atoms with Crippen LogP contribution in [0.3, 0.4) is 0 Å². The van der Waals surface area contributed by atoms with E-state index in [2.05, 4.69) is 10.5 Å². The smallest absolute Gasteiger partial charge is 0.264 e. The van der Waals surface area contributed by atoms with E-state index in [1.807, 2.05) is 63.2 Å². The van der Waals surface area contributed by atoms with Crippen LogP contribution in [0.1, 0.15) is 16.7 Å². The van der Waals surface area contributed by atoms with E-state index in [4.69, 9.17) is 0 Å². The van der Waals surface area contributed by atoms with Crippen molar-refractivity contribution in [3.05, 3.63) is 89.5 Å². The first kappa shape index (κ1) is 24.0. The molecule has 7 nitrogen and oxygen atoms in total. The number of amides is 1. The number of hydrazone groups is 1.